The van der Waals surface area contributed by atoms with Gasteiger partial charge < -0.3 is 14.6 Å². The van der Waals surface area contributed by atoms with Crippen molar-refractivity contribution < 1.29 is 9.21 Å². The Morgan fingerprint density at radius 3 is 2.48 bits per heavy atom. The molecule has 0 fully saturated rings. The van der Waals surface area contributed by atoms with Crippen LogP contribution in [0.1, 0.15) is 17.4 Å². The fourth-order valence-corrected chi connectivity index (χ4v) is 2.40. The van der Waals surface area contributed by atoms with Crippen LogP contribution in [0.4, 0.5) is 4.79 Å². The van der Waals surface area contributed by atoms with Gasteiger partial charge in [0.05, 0.1) is 12.3 Å². The predicted octanol–water partition coefficient (Wildman–Crippen LogP) is 3.38. The second-order valence-electron chi connectivity index (χ2n) is 5.66. The summed E-state index contributed by atoms with van der Waals surface area (Å²) in [6.07, 6.45) is 1.64. The van der Waals surface area contributed by atoms with Crippen LogP contribution in [0.2, 0.25) is 5.02 Å². The Kier molecular flexibility index (Phi) is 6.07. The third kappa shape index (κ3) is 5.01. The Morgan fingerprint density at radius 2 is 1.91 bits per heavy atom. The second-order valence-corrected chi connectivity index (χ2v) is 6.10. The first kappa shape index (κ1) is 17.4. The smallest absolute Gasteiger partial charge is 0.317 e. The molecule has 1 atom stereocenters. The van der Waals surface area contributed by atoms with Gasteiger partial charge in [0, 0.05) is 25.2 Å². The van der Waals surface area contributed by atoms with Gasteiger partial charge >= 0.3 is 6.03 Å². The van der Waals surface area contributed by atoms with E-state index in [1.165, 1.54) is 0 Å². The highest BCUT2D eigenvalue weighted by molar-refractivity contribution is 6.30. The van der Waals surface area contributed by atoms with Crippen molar-refractivity contribution in [1.29, 1.82) is 0 Å². The summed E-state index contributed by atoms with van der Waals surface area (Å²) in [5.41, 5.74) is 1.03. The molecule has 1 aromatic heterocycles. The van der Waals surface area contributed by atoms with Crippen molar-refractivity contribution in [2.45, 2.75) is 12.6 Å². The molecular weight excluding hydrogens is 314 g/mol. The number of hydrogen-bond donors (Lipinski definition) is 1. The highest BCUT2D eigenvalue weighted by atomic mass is 35.5. The van der Waals surface area contributed by atoms with Crippen LogP contribution in [-0.4, -0.2) is 43.5 Å². The zero-order valence-electron chi connectivity index (χ0n) is 13.6. The second kappa shape index (κ2) is 8.04. The molecule has 0 bridgehead atoms. The summed E-state index contributed by atoms with van der Waals surface area (Å²) in [7, 11) is 5.68. The summed E-state index contributed by atoms with van der Waals surface area (Å²) in [6.45, 7) is 1.00. The Morgan fingerprint density at radius 1 is 1.22 bits per heavy atom. The number of furan rings is 1. The number of hydrogen-bond acceptors (Lipinski definition) is 3. The highest BCUT2D eigenvalue weighted by Crippen LogP contribution is 2.17. The first-order valence-corrected chi connectivity index (χ1v) is 7.78. The largest absolute Gasteiger partial charge is 0.468 e. The van der Waals surface area contributed by atoms with Crippen LogP contribution in [0.5, 0.6) is 0 Å². The van der Waals surface area contributed by atoms with Crippen molar-refractivity contribution in [3.05, 3.63) is 59.0 Å². The van der Waals surface area contributed by atoms with Gasteiger partial charge in [0.25, 0.3) is 0 Å². The molecule has 0 aliphatic carbocycles. The lowest BCUT2D eigenvalue weighted by Gasteiger charge is -2.24. The van der Waals surface area contributed by atoms with Crippen molar-refractivity contribution in [2.75, 3.05) is 27.7 Å². The van der Waals surface area contributed by atoms with Crippen LogP contribution in [0.15, 0.2) is 47.1 Å². The number of likely N-dealkylation sites (N-methyl/N-ethyl adjacent to an activating group) is 1. The van der Waals surface area contributed by atoms with Crippen molar-refractivity contribution in [3.63, 3.8) is 0 Å². The zero-order chi connectivity index (χ0) is 16.8. The molecule has 2 amide bonds. The highest BCUT2D eigenvalue weighted by Gasteiger charge is 2.19. The van der Waals surface area contributed by atoms with Crippen molar-refractivity contribution in [2.24, 2.45) is 0 Å². The quantitative estimate of drug-likeness (QED) is 0.880. The van der Waals surface area contributed by atoms with Gasteiger partial charge in [0.1, 0.15) is 5.76 Å². The normalized spacial score (nSPS) is 12.2. The molecule has 6 heteroatoms. The molecule has 0 spiro atoms. The topological polar surface area (TPSA) is 48.7 Å². The molecule has 1 heterocycles. The molecule has 124 valence electrons. The first-order chi connectivity index (χ1) is 11.0. The lowest BCUT2D eigenvalue weighted by Crippen LogP contribution is -2.41. The molecule has 23 heavy (non-hydrogen) atoms. The lowest BCUT2D eigenvalue weighted by atomic mass is 10.2. The number of nitrogens with one attached hydrogen (secondary N) is 1. The molecule has 2 rings (SSSR count). The number of carbonyl (C=O) groups is 1. The SMILES string of the molecule is CN(Cc1ccc(Cl)cc1)C(=O)NCC(c1ccco1)N(C)C. The average Bonchev–Trinajstić information content (AvgIpc) is 3.03. The van der Waals surface area contributed by atoms with E-state index in [1.807, 2.05) is 55.4 Å². The van der Waals surface area contributed by atoms with E-state index < -0.39 is 0 Å². The van der Waals surface area contributed by atoms with E-state index >= 15 is 0 Å². The number of halogens is 1. The number of rotatable bonds is 6. The molecule has 1 N–H and O–H groups in total. The van der Waals surface area contributed by atoms with Gasteiger partial charge in [-0.1, -0.05) is 23.7 Å². The summed E-state index contributed by atoms with van der Waals surface area (Å²) in [6, 6.07) is 11.1. The van der Waals surface area contributed by atoms with E-state index in [0.29, 0.717) is 18.1 Å². The van der Waals surface area contributed by atoms with Crippen LogP contribution in [-0.2, 0) is 6.54 Å². The molecule has 0 aliphatic heterocycles. The molecule has 0 radical (unpaired) electrons. The monoisotopic (exact) mass is 335 g/mol. The van der Waals surface area contributed by atoms with E-state index in [0.717, 1.165) is 11.3 Å². The minimum absolute atomic E-state index is 0.00196. The van der Waals surface area contributed by atoms with E-state index in [4.69, 9.17) is 16.0 Å². The summed E-state index contributed by atoms with van der Waals surface area (Å²) in [5, 5.41) is 3.63. The first-order valence-electron chi connectivity index (χ1n) is 7.40. The van der Waals surface area contributed by atoms with Crippen LogP contribution in [0.3, 0.4) is 0 Å². The Bertz CT molecular complexity index is 611. The van der Waals surface area contributed by atoms with E-state index in [9.17, 15) is 4.79 Å². The molecule has 0 saturated carbocycles. The molecule has 2 aromatic rings. The van der Waals surface area contributed by atoms with Crippen LogP contribution in [0, 0.1) is 0 Å². The summed E-state index contributed by atoms with van der Waals surface area (Å²) in [4.78, 5) is 15.9. The Hall–Kier alpha value is -1.98. The van der Waals surface area contributed by atoms with Crippen LogP contribution in [0.25, 0.3) is 0 Å². The molecule has 1 unspecified atom stereocenters. The van der Waals surface area contributed by atoms with Gasteiger partial charge in [-0.25, -0.2) is 4.79 Å². The number of amides is 2. The Balaban J connectivity index is 1.88. The zero-order valence-corrected chi connectivity index (χ0v) is 14.4. The van der Waals surface area contributed by atoms with Gasteiger partial charge in [-0.3, -0.25) is 4.90 Å². The maximum Gasteiger partial charge on any atom is 0.317 e. The number of benzene rings is 1. The molecular formula is C17H22ClN3O2. The van der Waals surface area contributed by atoms with Crippen molar-refractivity contribution >= 4 is 17.6 Å². The minimum atomic E-state index is -0.127. The molecule has 0 aliphatic rings. The fourth-order valence-electron chi connectivity index (χ4n) is 2.27. The summed E-state index contributed by atoms with van der Waals surface area (Å²) < 4.78 is 5.44. The molecule has 5 nitrogen and oxygen atoms in total. The third-order valence-corrected chi connectivity index (χ3v) is 3.87. The van der Waals surface area contributed by atoms with E-state index in [1.54, 1.807) is 18.2 Å². The van der Waals surface area contributed by atoms with E-state index in [2.05, 4.69) is 5.32 Å². The van der Waals surface area contributed by atoms with Gasteiger partial charge in [-0.05, 0) is 43.9 Å². The maximum atomic E-state index is 12.3. The van der Waals surface area contributed by atoms with Crippen LogP contribution >= 0.6 is 11.6 Å². The average molecular weight is 336 g/mol. The number of carbonyl (C=O) groups excluding carboxylic acids is 1. The van der Waals surface area contributed by atoms with Gasteiger partial charge in [0.2, 0.25) is 0 Å². The number of urea groups is 1. The van der Waals surface area contributed by atoms with Crippen molar-refractivity contribution in [1.82, 2.24) is 15.1 Å². The number of nitrogens with zero attached hydrogens (tertiary/aromatic N) is 2. The van der Waals surface area contributed by atoms with Gasteiger partial charge in [-0.15, -0.1) is 0 Å². The van der Waals surface area contributed by atoms with Crippen LogP contribution < -0.4 is 5.32 Å². The van der Waals surface area contributed by atoms with E-state index in [-0.39, 0.29) is 12.1 Å². The van der Waals surface area contributed by atoms with Gasteiger partial charge in [0.15, 0.2) is 0 Å². The standard InChI is InChI=1S/C17H22ClN3O2/c1-20(2)15(16-5-4-10-23-16)11-19-17(22)21(3)12-13-6-8-14(18)9-7-13/h4-10,15H,11-12H2,1-3H3,(H,19,22). The maximum absolute atomic E-state index is 12.3. The summed E-state index contributed by atoms with van der Waals surface area (Å²) >= 11 is 5.87. The summed E-state index contributed by atoms with van der Waals surface area (Å²) in [5.74, 6) is 0.829. The van der Waals surface area contributed by atoms with Gasteiger partial charge in [-0.2, -0.15) is 0 Å². The third-order valence-electron chi connectivity index (χ3n) is 3.62. The Labute approximate surface area is 141 Å². The van der Waals surface area contributed by atoms with Crippen molar-refractivity contribution in [3.8, 4) is 0 Å². The minimum Gasteiger partial charge on any atom is -0.468 e. The fraction of sp³-hybridized carbons (Fsp3) is 0.353. The molecule has 0 saturated heterocycles. The lowest BCUT2D eigenvalue weighted by molar-refractivity contribution is 0.197. The molecule has 1 aromatic carbocycles. The predicted molar refractivity (Wildman–Crippen MR) is 91.5 cm³/mol.